The number of rotatable bonds is 5. The SMILES string of the molecule is CCCC(CN)C(O)C1CCSC1. The van der Waals surface area contributed by atoms with E-state index in [9.17, 15) is 5.11 Å². The summed E-state index contributed by atoms with van der Waals surface area (Å²) in [5.74, 6) is 3.17. The molecule has 0 aromatic carbocycles. The van der Waals surface area contributed by atoms with Gasteiger partial charge in [-0.3, -0.25) is 0 Å². The molecule has 3 N–H and O–H groups in total. The minimum atomic E-state index is -0.153. The molecule has 13 heavy (non-hydrogen) atoms. The summed E-state index contributed by atoms with van der Waals surface area (Å²) in [5, 5.41) is 10.0. The molecule has 1 heterocycles. The van der Waals surface area contributed by atoms with E-state index in [0.717, 1.165) is 18.6 Å². The third-order valence-corrected chi connectivity index (χ3v) is 4.08. The standard InChI is InChI=1S/C10H21NOS/c1-2-3-8(6-11)10(12)9-4-5-13-7-9/h8-10,12H,2-7,11H2,1H3. The van der Waals surface area contributed by atoms with Crippen molar-refractivity contribution >= 4 is 11.8 Å². The highest BCUT2D eigenvalue weighted by Crippen LogP contribution is 2.30. The monoisotopic (exact) mass is 203 g/mol. The van der Waals surface area contributed by atoms with E-state index in [4.69, 9.17) is 5.73 Å². The first-order valence-corrected chi connectivity index (χ1v) is 6.41. The van der Waals surface area contributed by atoms with Gasteiger partial charge in [0.15, 0.2) is 0 Å². The molecule has 0 aromatic heterocycles. The highest BCUT2D eigenvalue weighted by molar-refractivity contribution is 7.99. The van der Waals surface area contributed by atoms with Crippen LogP contribution in [0.1, 0.15) is 26.2 Å². The van der Waals surface area contributed by atoms with E-state index in [-0.39, 0.29) is 6.10 Å². The summed E-state index contributed by atoms with van der Waals surface area (Å²) in [6.45, 7) is 2.79. The molecule has 3 unspecified atom stereocenters. The van der Waals surface area contributed by atoms with Crippen LogP contribution in [0.4, 0.5) is 0 Å². The summed E-state index contributed by atoms with van der Waals surface area (Å²) in [6, 6.07) is 0. The van der Waals surface area contributed by atoms with Gasteiger partial charge in [0.25, 0.3) is 0 Å². The molecule has 0 aromatic rings. The number of nitrogens with two attached hydrogens (primary N) is 1. The van der Waals surface area contributed by atoms with Crippen LogP contribution in [0, 0.1) is 11.8 Å². The van der Waals surface area contributed by atoms with Gasteiger partial charge in [0.05, 0.1) is 6.10 Å². The van der Waals surface area contributed by atoms with Crippen molar-refractivity contribution in [1.82, 2.24) is 0 Å². The van der Waals surface area contributed by atoms with E-state index in [1.165, 1.54) is 12.2 Å². The van der Waals surface area contributed by atoms with Gasteiger partial charge in [0.1, 0.15) is 0 Å². The third kappa shape index (κ3) is 3.15. The Bertz CT molecular complexity index is 137. The molecular formula is C10H21NOS. The maximum Gasteiger partial charge on any atom is 0.0616 e. The molecule has 78 valence electrons. The van der Waals surface area contributed by atoms with Crippen molar-refractivity contribution in [3.63, 3.8) is 0 Å². The van der Waals surface area contributed by atoms with E-state index >= 15 is 0 Å². The van der Waals surface area contributed by atoms with Gasteiger partial charge in [0.2, 0.25) is 0 Å². The molecule has 3 atom stereocenters. The van der Waals surface area contributed by atoms with Crippen molar-refractivity contribution in [2.24, 2.45) is 17.6 Å². The van der Waals surface area contributed by atoms with Gasteiger partial charge < -0.3 is 10.8 Å². The van der Waals surface area contributed by atoms with Gasteiger partial charge in [-0.05, 0) is 42.7 Å². The number of thioether (sulfide) groups is 1. The van der Waals surface area contributed by atoms with Gasteiger partial charge in [-0.15, -0.1) is 0 Å². The molecule has 0 spiro atoms. The largest absolute Gasteiger partial charge is 0.392 e. The zero-order chi connectivity index (χ0) is 9.68. The van der Waals surface area contributed by atoms with Gasteiger partial charge >= 0.3 is 0 Å². The number of aliphatic hydroxyl groups excluding tert-OH is 1. The lowest BCUT2D eigenvalue weighted by Gasteiger charge is -2.25. The molecule has 0 bridgehead atoms. The predicted molar refractivity (Wildman–Crippen MR) is 58.9 cm³/mol. The Hall–Kier alpha value is 0.270. The fourth-order valence-corrected chi connectivity index (χ4v) is 3.31. The first kappa shape index (κ1) is 11.3. The highest BCUT2D eigenvalue weighted by Gasteiger charge is 2.28. The summed E-state index contributed by atoms with van der Waals surface area (Å²) in [4.78, 5) is 0. The lowest BCUT2D eigenvalue weighted by atomic mass is 9.87. The number of hydrogen-bond donors (Lipinski definition) is 2. The van der Waals surface area contributed by atoms with E-state index in [0.29, 0.717) is 18.4 Å². The summed E-state index contributed by atoms with van der Waals surface area (Å²) in [7, 11) is 0. The molecule has 0 amide bonds. The smallest absolute Gasteiger partial charge is 0.0616 e. The summed E-state index contributed by atoms with van der Waals surface area (Å²) >= 11 is 1.96. The fraction of sp³-hybridized carbons (Fsp3) is 1.00. The quantitative estimate of drug-likeness (QED) is 0.711. The first-order chi connectivity index (χ1) is 6.29. The van der Waals surface area contributed by atoms with E-state index in [1.807, 2.05) is 11.8 Å². The van der Waals surface area contributed by atoms with Gasteiger partial charge in [-0.2, -0.15) is 11.8 Å². The van der Waals surface area contributed by atoms with Crippen molar-refractivity contribution in [3.05, 3.63) is 0 Å². The molecule has 1 aliphatic heterocycles. The second kappa shape index (κ2) is 5.89. The molecule has 1 aliphatic rings. The zero-order valence-corrected chi connectivity index (χ0v) is 9.22. The van der Waals surface area contributed by atoms with Crippen LogP contribution in [0.2, 0.25) is 0 Å². The molecule has 2 nitrogen and oxygen atoms in total. The molecule has 3 heteroatoms. The lowest BCUT2D eigenvalue weighted by molar-refractivity contribution is 0.0594. The third-order valence-electron chi connectivity index (χ3n) is 2.89. The van der Waals surface area contributed by atoms with Crippen molar-refractivity contribution < 1.29 is 5.11 Å². The van der Waals surface area contributed by atoms with Gasteiger partial charge in [-0.25, -0.2) is 0 Å². The molecular weight excluding hydrogens is 182 g/mol. The van der Waals surface area contributed by atoms with Crippen molar-refractivity contribution in [2.75, 3.05) is 18.1 Å². The topological polar surface area (TPSA) is 46.2 Å². The molecule has 0 aliphatic carbocycles. The minimum Gasteiger partial charge on any atom is -0.392 e. The number of aliphatic hydroxyl groups is 1. The van der Waals surface area contributed by atoms with Crippen molar-refractivity contribution in [3.8, 4) is 0 Å². The van der Waals surface area contributed by atoms with Gasteiger partial charge in [0, 0.05) is 0 Å². The van der Waals surface area contributed by atoms with Crippen LogP contribution in [-0.4, -0.2) is 29.3 Å². The average Bonchev–Trinajstić information content (AvgIpc) is 2.65. The Labute approximate surface area is 85.3 Å². The van der Waals surface area contributed by atoms with Crippen LogP contribution in [0.25, 0.3) is 0 Å². The number of hydrogen-bond acceptors (Lipinski definition) is 3. The molecule has 0 radical (unpaired) electrons. The fourth-order valence-electron chi connectivity index (χ4n) is 2.01. The van der Waals surface area contributed by atoms with Crippen LogP contribution >= 0.6 is 11.8 Å². The highest BCUT2D eigenvalue weighted by atomic mass is 32.2. The average molecular weight is 203 g/mol. The first-order valence-electron chi connectivity index (χ1n) is 5.25. The van der Waals surface area contributed by atoms with Crippen LogP contribution in [0.5, 0.6) is 0 Å². The summed E-state index contributed by atoms with van der Waals surface area (Å²) in [6.07, 6.45) is 3.21. The lowest BCUT2D eigenvalue weighted by Crippen LogP contribution is -2.34. The molecule has 1 saturated heterocycles. The predicted octanol–water partition coefficient (Wildman–Crippen LogP) is 1.48. The maximum atomic E-state index is 10.0. The Balaban J connectivity index is 2.37. The van der Waals surface area contributed by atoms with Crippen LogP contribution in [0.15, 0.2) is 0 Å². The van der Waals surface area contributed by atoms with E-state index < -0.39 is 0 Å². The van der Waals surface area contributed by atoms with E-state index in [2.05, 4.69) is 6.92 Å². The maximum absolute atomic E-state index is 10.0. The van der Waals surface area contributed by atoms with Crippen LogP contribution < -0.4 is 5.73 Å². The van der Waals surface area contributed by atoms with Crippen molar-refractivity contribution in [2.45, 2.75) is 32.3 Å². The van der Waals surface area contributed by atoms with E-state index in [1.54, 1.807) is 0 Å². The van der Waals surface area contributed by atoms with Crippen LogP contribution in [-0.2, 0) is 0 Å². The normalized spacial score (nSPS) is 27.5. The second-order valence-electron chi connectivity index (χ2n) is 3.90. The second-order valence-corrected chi connectivity index (χ2v) is 5.05. The Morgan fingerprint density at radius 3 is 2.85 bits per heavy atom. The van der Waals surface area contributed by atoms with Gasteiger partial charge in [-0.1, -0.05) is 13.3 Å². The van der Waals surface area contributed by atoms with Crippen molar-refractivity contribution in [1.29, 1.82) is 0 Å². The molecule has 0 saturated carbocycles. The zero-order valence-electron chi connectivity index (χ0n) is 8.41. The molecule has 1 rings (SSSR count). The summed E-state index contributed by atoms with van der Waals surface area (Å²) < 4.78 is 0. The Morgan fingerprint density at radius 2 is 2.38 bits per heavy atom. The summed E-state index contributed by atoms with van der Waals surface area (Å²) in [5.41, 5.74) is 5.66. The minimum absolute atomic E-state index is 0.153. The Kier molecular flexibility index (Phi) is 5.14. The van der Waals surface area contributed by atoms with Crippen LogP contribution in [0.3, 0.4) is 0 Å². The molecule has 1 fully saturated rings. The Morgan fingerprint density at radius 1 is 1.62 bits per heavy atom.